The molecule has 0 amide bonds. The molecule has 2 aliphatic rings. The van der Waals surface area contributed by atoms with E-state index in [4.69, 9.17) is 0 Å². The minimum atomic E-state index is 0.0264. The molecule has 2 unspecified atom stereocenters. The average Bonchev–Trinajstić information content (AvgIpc) is 3.37. The molecule has 5 aromatic carbocycles. The maximum absolute atomic E-state index is 4.12. The van der Waals surface area contributed by atoms with E-state index in [0.717, 1.165) is 5.70 Å². The van der Waals surface area contributed by atoms with Crippen LogP contribution in [0.2, 0.25) is 0 Å². The van der Waals surface area contributed by atoms with Crippen LogP contribution in [0.15, 0.2) is 146 Å². The summed E-state index contributed by atoms with van der Waals surface area (Å²) < 4.78 is 0. The smallest absolute Gasteiger partial charge is 0.125 e. The van der Waals surface area contributed by atoms with Gasteiger partial charge in [-0.3, -0.25) is 0 Å². The lowest BCUT2D eigenvalue weighted by atomic mass is 9.96. The number of hydrogen-bond acceptors (Lipinski definition) is 4. The molecule has 42 heavy (non-hydrogen) atoms. The Labute approximate surface area is 247 Å². The van der Waals surface area contributed by atoms with Crippen molar-refractivity contribution in [3.8, 4) is 22.3 Å². The summed E-state index contributed by atoms with van der Waals surface area (Å²) >= 11 is 0. The van der Waals surface area contributed by atoms with Crippen molar-refractivity contribution in [1.82, 2.24) is 10.2 Å². The molecule has 7 rings (SSSR count). The number of rotatable bonds is 4. The van der Waals surface area contributed by atoms with E-state index in [9.17, 15) is 0 Å². The normalized spacial score (nSPS) is 19.4. The van der Waals surface area contributed by atoms with Crippen LogP contribution in [-0.2, 0) is 0 Å². The highest BCUT2D eigenvalue weighted by molar-refractivity contribution is 5.91. The van der Waals surface area contributed by atoms with Crippen molar-refractivity contribution in [2.75, 3.05) is 24.3 Å². The average molecular weight is 547 g/mol. The Balaban J connectivity index is 1.12. The molecule has 0 saturated heterocycles. The van der Waals surface area contributed by atoms with E-state index in [1.165, 1.54) is 55.5 Å². The quantitative estimate of drug-likeness (QED) is 0.236. The van der Waals surface area contributed by atoms with Gasteiger partial charge in [-0.25, -0.2) is 0 Å². The second kappa shape index (κ2) is 10.6. The van der Waals surface area contributed by atoms with Crippen molar-refractivity contribution < 1.29 is 0 Å². The van der Waals surface area contributed by atoms with Crippen molar-refractivity contribution in [2.45, 2.75) is 12.3 Å². The summed E-state index contributed by atoms with van der Waals surface area (Å²) in [5, 5.41) is 9.63. The van der Waals surface area contributed by atoms with E-state index >= 15 is 0 Å². The van der Waals surface area contributed by atoms with Crippen LogP contribution in [0.1, 0.15) is 23.5 Å². The van der Waals surface area contributed by atoms with E-state index in [1.54, 1.807) is 0 Å². The maximum atomic E-state index is 4.12. The van der Waals surface area contributed by atoms with Gasteiger partial charge in [0.05, 0.1) is 11.4 Å². The Hall–Kier alpha value is -5.22. The predicted octanol–water partition coefficient (Wildman–Crippen LogP) is 8.85. The first-order valence-electron chi connectivity index (χ1n) is 14.4. The van der Waals surface area contributed by atoms with E-state index < -0.39 is 0 Å². The third-order valence-corrected chi connectivity index (χ3v) is 8.38. The second-order valence-corrected chi connectivity index (χ2v) is 11.1. The minimum Gasteiger partial charge on any atom is -0.362 e. The van der Waals surface area contributed by atoms with Crippen molar-refractivity contribution in [2.24, 2.45) is 0 Å². The van der Waals surface area contributed by atoms with Gasteiger partial charge in [0.15, 0.2) is 0 Å². The highest BCUT2D eigenvalue weighted by Crippen LogP contribution is 2.40. The summed E-state index contributed by atoms with van der Waals surface area (Å²) in [7, 11) is 4.22. The number of benzene rings is 5. The number of para-hydroxylation sites is 2. The molecule has 2 atom stereocenters. The molecular formula is C38H34N4. The van der Waals surface area contributed by atoms with Crippen LogP contribution in [0.5, 0.6) is 0 Å². The van der Waals surface area contributed by atoms with Crippen LogP contribution in [0.3, 0.4) is 0 Å². The van der Waals surface area contributed by atoms with Gasteiger partial charge in [0.1, 0.15) is 12.3 Å². The van der Waals surface area contributed by atoms with Crippen LogP contribution in [-0.4, -0.2) is 19.0 Å². The van der Waals surface area contributed by atoms with Gasteiger partial charge in [-0.2, -0.15) is 0 Å². The third-order valence-electron chi connectivity index (χ3n) is 8.38. The highest BCUT2D eigenvalue weighted by Gasteiger charge is 2.26. The zero-order valence-electron chi connectivity index (χ0n) is 24.0. The Bertz CT molecular complexity index is 1830. The number of nitrogens with one attached hydrogen (secondary N) is 2. The molecule has 2 aliphatic heterocycles. The predicted molar refractivity (Wildman–Crippen MR) is 177 cm³/mol. The van der Waals surface area contributed by atoms with E-state index in [-0.39, 0.29) is 12.3 Å². The Morgan fingerprint density at radius 1 is 0.595 bits per heavy atom. The molecule has 0 aromatic heterocycles. The van der Waals surface area contributed by atoms with E-state index in [2.05, 4.69) is 157 Å². The van der Waals surface area contributed by atoms with Gasteiger partial charge in [0.25, 0.3) is 0 Å². The molecule has 4 heteroatoms. The van der Waals surface area contributed by atoms with Crippen molar-refractivity contribution in [1.29, 1.82) is 0 Å². The molecule has 0 bridgehead atoms. The first-order valence-corrected chi connectivity index (χ1v) is 14.4. The highest BCUT2D eigenvalue weighted by atomic mass is 15.3. The zero-order valence-corrected chi connectivity index (χ0v) is 24.0. The largest absolute Gasteiger partial charge is 0.362 e. The Morgan fingerprint density at radius 3 is 1.83 bits per heavy atom. The summed E-state index contributed by atoms with van der Waals surface area (Å²) in [6, 6.07) is 39.7. The van der Waals surface area contributed by atoms with Crippen molar-refractivity contribution >= 4 is 22.1 Å². The fourth-order valence-corrected chi connectivity index (χ4v) is 6.00. The lowest BCUT2D eigenvalue weighted by Crippen LogP contribution is -2.32. The second-order valence-electron chi connectivity index (χ2n) is 11.1. The van der Waals surface area contributed by atoms with Crippen LogP contribution in [0.4, 0.5) is 11.4 Å². The summed E-state index contributed by atoms with van der Waals surface area (Å²) in [5.74, 6) is 0. The molecule has 0 radical (unpaired) electrons. The number of hydrogen-bond donors (Lipinski definition) is 2. The molecule has 0 saturated carbocycles. The Morgan fingerprint density at radius 2 is 1.19 bits per heavy atom. The van der Waals surface area contributed by atoms with Gasteiger partial charge in [0, 0.05) is 26.0 Å². The number of anilines is 2. The third kappa shape index (κ3) is 4.82. The topological polar surface area (TPSA) is 30.5 Å². The lowest BCUT2D eigenvalue weighted by Gasteiger charge is -2.30. The summed E-state index contributed by atoms with van der Waals surface area (Å²) in [4.78, 5) is 4.46. The standard InChI is InChI=1S/C38H34N4/c1-26-8-6-7-23-41(2)37(39-26)30-17-11-27(12-18-30)32-21-15-29-16-22-33(25-34(29)24-32)28-13-19-31(20-14-28)38-40-35-9-4-5-10-36(35)42(38)3/h4-25,37-40H,1H2,2-3H3/b8-6-,23-7-. The number of nitrogens with zero attached hydrogens (tertiary/aromatic N) is 2. The van der Waals surface area contributed by atoms with Gasteiger partial charge < -0.3 is 20.4 Å². The first-order chi connectivity index (χ1) is 20.5. The van der Waals surface area contributed by atoms with Crippen molar-refractivity contribution in [3.63, 3.8) is 0 Å². The number of allylic oxidation sites excluding steroid dienone is 3. The summed E-state index contributed by atoms with van der Waals surface area (Å²) in [5.41, 5.74) is 10.6. The van der Waals surface area contributed by atoms with Crippen LogP contribution >= 0.6 is 0 Å². The Kier molecular flexibility index (Phi) is 6.52. The van der Waals surface area contributed by atoms with Gasteiger partial charge in [-0.15, -0.1) is 0 Å². The number of fused-ring (bicyclic) bond motifs is 2. The SMILES string of the molecule is C=C1/C=C\C=C/N(C)C(c2ccc(-c3ccc4ccc(-c5ccc(C6Nc7ccccc7N6C)cc5)cc4c3)cc2)N1. The van der Waals surface area contributed by atoms with Crippen LogP contribution in [0.25, 0.3) is 33.0 Å². The van der Waals surface area contributed by atoms with Gasteiger partial charge in [0.2, 0.25) is 0 Å². The van der Waals surface area contributed by atoms with E-state index in [0.29, 0.717) is 0 Å². The van der Waals surface area contributed by atoms with Crippen LogP contribution in [0, 0.1) is 0 Å². The molecule has 0 fully saturated rings. The minimum absolute atomic E-state index is 0.0264. The fraction of sp³-hybridized carbons (Fsp3) is 0.105. The summed E-state index contributed by atoms with van der Waals surface area (Å²) in [6.45, 7) is 4.12. The molecule has 2 N–H and O–H groups in total. The van der Waals surface area contributed by atoms with Crippen LogP contribution < -0.4 is 15.5 Å². The first kappa shape index (κ1) is 25.7. The lowest BCUT2D eigenvalue weighted by molar-refractivity contribution is 0.302. The monoisotopic (exact) mass is 546 g/mol. The fourth-order valence-electron chi connectivity index (χ4n) is 6.00. The van der Waals surface area contributed by atoms with Crippen molar-refractivity contribution in [3.05, 3.63) is 157 Å². The molecule has 206 valence electrons. The molecular weight excluding hydrogens is 512 g/mol. The van der Waals surface area contributed by atoms with E-state index in [1.807, 2.05) is 18.2 Å². The maximum Gasteiger partial charge on any atom is 0.125 e. The van der Waals surface area contributed by atoms with Gasteiger partial charge in [-0.05, 0) is 80.6 Å². The van der Waals surface area contributed by atoms with Gasteiger partial charge in [-0.1, -0.05) is 97.6 Å². The zero-order chi connectivity index (χ0) is 28.6. The summed E-state index contributed by atoms with van der Waals surface area (Å²) in [6.07, 6.45) is 8.27. The molecule has 0 spiro atoms. The molecule has 2 heterocycles. The molecule has 5 aromatic rings. The molecule has 4 nitrogen and oxygen atoms in total. The molecule has 0 aliphatic carbocycles. The van der Waals surface area contributed by atoms with Gasteiger partial charge >= 0.3 is 0 Å².